The van der Waals surface area contributed by atoms with Crippen molar-refractivity contribution >= 4 is 17.6 Å². The lowest BCUT2D eigenvalue weighted by atomic mass is 10.3. The Labute approximate surface area is 138 Å². The molecule has 0 aromatic heterocycles. The molecule has 1 N–H and O–H groups in total. The zero-order valence-corrected chi connectivity index (χ0v) is 14.5. The van der Waals surface area contributed by atoms with Crippen LogP contribution in [0.25, 0.3) is 0 Å². The maximum atomic E-state index is 12.3. The standard InChI is InChI=1S/C17H27ClN2O2/c1-4-6-12-20(13-7-5-2)17(21)19-14(3)22-16-10-8-15(18)9-11-16/h8-11,14H,4-7,12-13H2,1-3H3,(H,19,21). The molecule has 1 atom stereocenters. The Kier molecular flexibility index (Phi) is 8.75. The minimum absolute atomic E-state index is 0.0663. The van der Waals surface area contributed by atoms with Crippen molar-refractivity contribution < 1.29 is 9.53 Å². The first-order chi connectivity index (χ1) is 10.6. The molecule has 0 spiro atoms. The zero-order chi connectivity index (χ0) is 16.4. The van der Waals surface area contributed by atoms with Gasteiger partial charge >= 0.3 is 6.03 Å². The number of nitrogens with one attached hydrogen (secondary N) is 1. The Hall–Kier alpha value is -1.42. The predicted molar refractivity (Wildman–Crippen MR) is 91.5 cm³/mol. The molecule has 0 radical (unpaired) electrons. The molecule has 0 heterocycles. The Morgan fingerprint density at radius 1 is 1.18 bits per heavy atom. The van der Waals surface area contributed by atoms with Gasteiger partial charge in [-0.3, -0.25) is 0 Å². The Balaban J connectivity index is 2.49. The van der Waals surface area contributed by atoms with Gasteiger partial charge in [-0.1, -0.05) is 38.3 Å². The monoisotopic (exact) mass is 326 g/mol. The van der Waals surface area contributed by atoms with Gasteiger partial charge in [0.25, 0.3) is 0 Å². The Bertz CT molecular complexity index is 429. The van der Waals surface area contributed by atoms with Crippen LogP contribution in [0.2, 0.25) is 5.02 Å². The molecule has 0 aliphatic rings. The van der Waals surface area contributed by atoms with Crippen LogP contribution in [0, 0.1) is 0 Å². The van der Waals surface area contributed by atoms with Crippen LogP contribution in [0.15, 0.2) is 24.3 Å². The van der Waals surface area contributed by atoms with Crippen molar-refractivity contribution in [3.05, 3.63) is 29.3 Å². The number of carbonyl (C=O) groups is 1. The van der Waals surface area contributed by atoms with Gasteiger partial charge < -0.3 is 15.0 Å². The molecular formula is C17H27ClN2O2. The van der Waals surface area contributed by atoms with E-state index >= 15 is 0 Å². The Morgan fingerprint density at radius 3 is 2.23 bits per heavy atom. The van der Waals surface area contributed by atoms with Crippen LogP contribution in [0.3, 0.4) is 0 Å². The van der Waals surface area contributed by atoms with E-state index in [9.17, 15) is 4.79 Å². The third-order valence-electron chi connectivity index (χ3n) is 3.30. The number of hydrogen-bond donors (Lipinski definition) is 1. The first kappa shape index (κ1) is 18.6. The summed E-state index contributed by atoms with van der Waals surface area (Å²) in [7, 11) is 0. The first-order valence-electron chi connectivity index (χ1n) is 8.04. The van der Waals surface area contributed by atoms with E-state index in [1.807, 2.05) is 11.8 Å². The molecule has 0 aliphatic heterocycles. The Morgan fingerprint density at radius 2 is 1.73 bits per heavy atom. The van der Waals surface area contributed by atoms with Gasteiger partial charge in [0.15, 0.2) is 6.23 Å². The summed E-state index contributed by atoms with van der Waals surface area (Å²) in [5.74, 6) is 0.686. The van der Waals surface area contributed by atoms with E-state index in [2.05, 4.69) is 19.2 Å². The second-order valence-corrected chi connectivity index (χ2v) is 5.79. The number of halogens is 1. The number of urea groups is 1. The number of amides is 2. The van der Waals surface area contributed by atoms with Crippen LogP contribution in [0.1, 0.15) is 46.5 Å². The highest BCUT2D eigenvalue weighted by Crippen LogP contribution is 2.16. The summed E-state index contributed by atoms with van der Waals surface area (Å²) in [6.07, 6.45) is 3.80. The molecular weight excluding hydrogens is 300 g/mol. The van der Waals surface area contributed by atoms with Crippen molar-refractivity contribution in [3.63, 3.8) is 0 Å². The molecule has 0 bridgehead atoms. The normalized spacial score (nSPS) is 11.8. The molecule has 0 saturated heterocycles. The van der Waals surface area contributed by atoms with Crippen molar-refractivity contribution in [2.24, 2.45) is 0 Å². The zero-order valence-electron chi connectivity index (χ0n) is 13.8. The lowest BCUT2D eigenvalue weighted by molar-refractivity contribution is 0.152. The van der Waals surface area contributed by atoms with E-state index < -0.39 is 0 Å². The van der Waals surface area contributed by atoms with Crippen LogP contribution >= 0.6 is 11.6 Å². The maximum absolute atomic E-state index is 12.3. The summed E-state index contributed by atoms with van der Waals surface area (Å²) in [4.78, 5) is 14.2. The van der Waals surface area contributed by atoms with E-state index in [1.54, 1.807) is 24.3 Å². The number of unbranched alkanes of at least 4 members (excludes halogenated alkanes) is 2. The largest absolute Gasteiger partial charge is 0.471 e. The summed E-state index contributed by atoms with van der Waals surface area (Å²) in [5.41, 5.74) is 0. The third kappa shape index (κ3) is 7.03. The average molecular weight is 327 g/mol. The van der Waals surface area contributed by atoms with Gasteiger partial charge in [-0.05, 0) is 44.0 Å². The van der Waals surface area contributed by atoms with Gasteiger partial charge in [-0.25, -0.2) is 4.79 Å². The van der Waals surface area contributed by atoms with E-state index in [0.29, 0.717) is 10.8 Å². The van der Waals surface area contributed by atoms with Gasteiger partial charge in [0, 0.05) is 18.1 Å². The van der Waals surface area contributed by atoms with Crippen molar-refractivity contribution in [1.29, 1.82) is 0 Å². The highest BCUT2D eigenvalue weighted by atomic mass is 35.5. The van der Waals surface area contributed by atoms with Gasteiger partial charge in [0.1, 0.15) is 5.75 Å². The summed E-state index contributed by atoms with van der Waals surface area (Å²) in [6.45, 7) is 7.65. The lowest BCUT2D eigenvalue weighted by Gasteiger charge is -2.25. The summed E-state index contributed by atoms with van der Waals surface area (Å²) in [5, 5.41) is 3.55. The van der Waals surface area contributed by atoms with Gasteiger partial charge in [0.2, 0.25) is 0 Å². The van der Waals surface area contributed by atoms with E-state index in [1.165, 1.54) is 0 Å². The fraction of sp³-hybridized carbons (Fsp3) is 0.588. The SMILES string of the molecule is CCCCN(CCCC)C(=O)NC(C)Oc1ccc(Cl)cc1. The molecule has 4 nitrogen and oxygen atoms in total. The van der Waals surface area contributed by atoms with Crippen molar-refractivity contribution in [1.82, 2.24) is 10.2 Å². The topological polar surface area (TPSA) is 41.6 Å². The third-order valence-corrected chi connectivity index (χ3v) is 3.56. The number of carbonyl (C=O) groups excluding carboxylic acids is 1. The molecule has 0 saturated carbocycles. The van der Waals surface area contributed by atoms with Crippen molar-refractivity contribution in [2.75, 3.05) is 13.1 Å². The second kappa shape index (κ2) is 10.3. The minimum atomic E-state index is -0.389. The lowest BCUT2D eigenvalue weighted by Crippen LogP contribution is -2.46. The second-order valence-electron chi connectivity index (χ2n) is 5.36. The van der Waals surface area contributed by atoms with Crippen molar-refractivity contribution in [2.45, 2.75) is 52.7 Å². The number of benzene rings is 1. The highest BCUT2D eigenvalue weighted by molar-refractivity contribution is 6.30. The number of ether oxygens (including phenoxy) is 1. The quantitative estimate of drug-likeness (QED) is 0.670. The molecule has 22 heavy (non-hydrogen) atoms. The highest BCUT2D eigenvalue weighted by Gasteiger charge is 2.15. The van der Waals surface area contributed by atoms with Crippen LogP contribution in [-0.4, -0.2) is 30.2 Å². The smallest absolute Gasteiger partial charge is 0.320 e. The summed E-state index contributed by atoms with van der Waals surface area (Å²) < 4.78 is 5.68. The molecule has 124 valence electrons. The molecule has 1 rings (SSSR count). The molecule has 1 aromatic rings. The first-order valence-corrected chi connectivity index (χ1v) is 8.42. The van der Waals surface area contributed by atoms with Crippen LogP contribution in [0.5, 0.6) is 5.75 Å². The fourth-order valence-corrected chi connectivity index (χ4v) is 2.15. The van der Waals surface area contributed by atoms with Gasteiger partial charge in [-0.2, -0.15) is 0 Å². The van der Waals surface area contributed by atoms with E-state index in [0.717, 1.165) is 38.8 Å². The van der Waals surface area contributed by atoms with Crippen molar-refractivity contribution in [3.8, 4) is 5.75 Å². The molecule has 1 unspecified atom stereocenters. The van der Waals surface area contributed by atoms with Gasteiger partial charge in [-0.15, -0.1) is 0 Å². The minimum Gasteiger partial charge on any atom is -0.471 e. The summed E-state index contributed by atoms with van der Waals surface area (Å²) >= 11 is 5.84. The molecule has 2 amide bonds. The molecule has 1 aromatic carbocycles. The maximum Gasteiger partial charge on any atom is 0.320 e. The van der Waals surface area contributed by atoms with Crippen LogP contribution in [0.4, 0.5) is 4.79 Å². The van der Waals surface area contributed by atoms with Crippen LogP contribution < -0.4 is 10.1 Å². The molecule has 5 heteroatoms. The fourth-order valence-electron chi connectivity index (χ4n) is 2.02. The number of rotatable bonds is 9. The van der Waals surface area contributed by atoms with Crippen LogP contribution in [-0.2, 0) is 0 Å². The average Bonchev–Trinajstić information content (AvgIpc) is 2.49. The van der Waals surface area contributed by atoms with Gasteiger partial charge in [0.05, 0.1) is 0 Å². The van der Waals surface area contributed by atoms with E-state index in [-0.39, 0.29) is 12.3 Å². The summed E-state index contributed by atoms with van der Waals surface area (Å²) in [6, 6.07) is 7.04. The predicted octanol–water partition coefficient (Wildman–Crippen LogP) is 4.68. The number of nitrogens with zero attached hydrogens (tertiary/aromatic N) is 1. The van der Waals surface area contributed by atoms with E-state index in [4.69, 9.17) is 16.3 Å². The number of hydrogen-bond acceptors (Lipinski definition) is 2. The molecule has 0 aliphatic carbocycles. The molecule has 0 fully saturated rings.